The SMILES string of the molecule is CCOc1ccc(C[C@@H](N)C(=O)N[C@@H](Cc2cscn2)C(=O)NCc2ccc(CN)cc2)cc1. The second kappa shape index (κ2) is 12.8. The summed E-state index contributed by atoms with van der Waals surface area (Å²) in [6.07, 6.45) is 0.625. The number of hydrogen-bond acceptors (Lipinski definition) is 7. The van der Waals surface area contributed by atoms with E-state index in [1.165, 1.54) is 11.3 Å². The number of nitrogens with one attached hydrogen (secondary N) is 2. The Morgan fingerprint density at radius 2 is 1.68 bits per heavy atom. The van der Waals surface area contributed by atoms with Gasteiger partial charge in [-0.3, -0.25) is 9.59 Å². The summed E-state index contributed by atoms with van der Waals surface area (Å²) in [4.78, 5) is 30.0. The lowest BCUT2D eigenvalue weighted by Gasteiger charge is -2.20. The van der Waals surface area contributed by atoms with Crippen molar-refractivity contribution < 1.29 is 14.3 Å². The summed E-state index contributed by atoms with van der Waals surface area (Å²) in [6, 6.07) is 13.6. The molecule has 0 aliphatic rings. The topological polar surface area (TPSA) is 132 Å². The molecule has 1 aromatic heterocycles. The standard InChI is InChI=1S/C25H31N5O3S/c1-2-33-21-9-7-17(8-10-21)11-22(27)24(31)30-23(12-20-15-34-16-29-20)25(32)28-14-19-5-3-18(13-26)4-6-19/h3-10,15-16,22-23H,2,11-14,26-27H2,1H3,(H,28,32)(H,30,31)/t22-,23+/m1/s1. The van der Waals surface area contributed by atoms with Gasteiger partial charge in [0.1, 0.15) is 11.8 Å². The molecular weight excluding hydrogens is 450 g/mol. The van der Waals surface area contributed by atoms with Crippen LogP contribution in [0.15, 0.2) is 59.4 Å². The first-order chi connectivity index (χ1) is 16.5. The van der Waals surface area contributed by atoms with E-state index in [4.69, 9.17) is 16.2 Å². The molecule has 34 heavy (non-hydrogen) atoms. The smallest absolute Gasteiger partial charge is 0.243 e. The van der Waals surface area contributed by atoms with Crippen molar-refractivity contribution in [3.05, 3.63) is 81.8 Å². The maximum atomic E-state index is 13.0. The van der Waals surface area contributed by atoms with E-state index >= 15 is 0 Å². The summed E-state index contributed by atoms with van der Waals surface area (Å²) < 4.78 is 5.44. The van der Waals surface area contributed by atoms with Crippen LogP contribution in [0.3, 0.4) is 0 Å². The molecule has 0 saturated heterocycles. The average molecular weight is 482 g/mol. The fourth-order valence-corrected chi connectivity index (χ4v) is 3.95. The van der Waals surface area contributed by atoms with Crippen LogP contribution in [0.25, 0.3) is 0 Å². The molecule has 0 aliphatic heterocycles. The van der Waals surface area contributed by atoms with Crippen LogP contribution in [-0.2, 0) is 35.5 Å². The molecule has 2 atom stereocenters. The Labute approximate surface area is 203 Å². The van der Waals surface area contributed by atoms with Gasteiger partial charge < -0.3 is 26.8 Å². The molecule has 2 aromatic carbocycles. The quantitative estimate of drug-likeness (QED) is 0.312. The molecule has 3 aromatic rings. The first-order valence-corrected chi connectivity index (χ1v) is 12.1. The minimum absolute atomic E-state index is 0.281. The summed E-state index contributed by atoms with van der Waals surface area (Å²) >= 11 is 1.44. The van der Waals surface area contributed by atoms with Gasteiger partial charge in [-0.15, -0.1) is 11.3 Å². The van der Waals surface area contributed by atoms with Gasteiger partial charge in [0.2, 0.25) is 11.8 Å². The van der Waals surface area contributed by atoms with Gasteiger partial charge in [-0.05, 0) is 42.2 Å². The molecule has 0 bridgehead atoms. The number of carbonyl (C=O) groups is 2. The lowest BCUT2D eigenvalue weighted by Crippen LogP contribution is -2.53. The van der Waals surface area contributed by atoms with E-state index in [1.807, 2.05) is 60.8 Å². The second-order valence-electron chi connectivity index (χ2n) is 7.87. The molecular formula is C25H31N5O3S. The van der Waals surface area contributed by atoms with Crippen LogP contribution in [0.5, 0.6) is 5.75 Å². The lowest BCUT2D eigenvalue weighted by molar-refractivity contribution is -0.129. The average Bonchev–Trinajstić information content (AvgIpc) is 3.37. The summed E-state index contributed by atoms with van der Waals surface area (Å²) in [7, 11) is 0. The van der Waals surface area contributed by atoms with E-state index in [1.54, 1.807) is 5.51 Å². The Balaban J connectivity index is 1.60. The Kier molecular flexibility index (Phi) is 9.57. The summed E-state index contributed by atoms with van der Waals surface area (Å²) in [5, 5.41) is 7.56. The predicted molar refractivity (Wildman–Crippen MR) is 133 cm³/mol. The van der Waals surface area contributed by atoms with Crippen molar-refractivity contribution in [2.45, 2.75) is 44.9 Å². The van der Waals surface area contributed by atoms with Gasteiger partial charge in [-0.2, -0.15) is 0 Å². The second-order valence-corrected chi connectivity index (χ2v) is 8.59. The molecule has 0 fully saturated rings. The first-order valence-electron chi connectivity index (χ1n) is 11.2. The molecule has 1 heterocycles. The highest BCUT2D eigenvalue weighted by Crippen LogP contribution is 2.13. The zero-order valence-corrected chi connectivity index (χ0v) is 20.0. The Bertz CT molecular complexity index is 1040. The number of nitrogens with zero attached hydrogens (tertiary/aromatic N) is 1. The summed E-state index contributed by atoms with van der Waals surface area (Å²) in [5.41, 5.74) is 17.1. The number of benzene rings is 2. The monoisotopic (exact) mass is 481 g/mol. The van der Waals surface area contributed by atoms with Gasteiger partial charge in [0.15, 0.2) is 0 Å². The van der Waals surface area contributed by atoms with Crippen molar-refractivity contribution in [1.29, 1.82) is 0 Å². The van der Waals surface area contributed by atoms with E-state index in [0.29, 0.717) is 26.1 Å². The first kappa shape index (κ1) is 25.4. The zero-order chi connectivity index (χ0) is 24.3. The number of thiazole rings is 1. The molecule has 6 N–H and O–H groups in total. The third-order valence-corrected chi connectivity index (χ3v) is 5.92. The molecule has 0 unspecified atom stereocenters. The van der Waals surface area contributed by atoms with Crippen LogP contribution < -0.4 is 26.8 Å². The maximum absolute atomic E-state index is 13.0. The number of nitrogens with two attached hydrogens (primary N) is 2. The minimum atomic E-state index is -0.799. The normalized spacial score (nSPS) is 12.6. The van der Waals surface area contributed by atoms with Crippen molar-refractivity contribution in [1.82, 2.24) is 15.6 Å². The predicted octanol–water partition coefficient (Wildman–Crippen LogP) is 1.91. The summed E-state index contributed by atoms with van der Waals surface area (Å²) in [6.45, 7) is 3.31. The zero-order valence-electron chi connectivity index (χ0n) is 19.2. The highest BCUT2D eigenvalue weighted by atomic mass is 32.1. The molecule has 2 amide bonds. The van der Waals surface area contributed by atoms with E-state index < -0.39 is 18.0 Å². The highest BCUT2D eigenvalue weighted by molar-refractivity contribution is 7.07. The largest absolute Gasteiger partial charge is 0.494 e. The van der Waals surface area contributed by atoms with Gasteiger partial charge >= 0.3 is 0 Å². The molecule has 0 aliphatic carbocycles. The fraction of sp³-hybridized carbons (Fsp3) is 0.320. The van der Waals surface area contributed by atoms with Crippen molar-refractivity contribution in [2.24, 2.45) is 11.5 Å². The van der Waals surface area contributed by atoms with Gasteiger partial charge in [0.25, 0.3) is 0 Å². The van der Waals surface area contributed by atoms with E-state index in [9.17, 15) is 9.59 Å². The van der Waals surface area contributed by atoms with Crippen molar-refractivity contribution >= 4 is 23.2 Å². The van der Waals surface area contributed by atoms with Gasteiger partial charge in [0, 0.05) is 24.9 Å². The fourth-order valence-electron chi connectivity index (χ4n) is 3.38. The van der Waals surface area contributed by atoms with Crippen LogP contribution in [0, 0.1) is 0 Å². The number of carbonyl (C=O) groups excluding carboxylic acids is 2. The van der Waals surface area contributed by atoms with Gasteiger partial charge in [-0.1, -0.05) is 36.4 Å². The molecule has 3 rings (SSSR count). The van der Waals surface area contributed by atoms with Crippen molar-refractivity contribution in [3.63, 3.8) is 0 Å². The van der Waals surface area contributed by atoms with Crippen LogP contribution in [0.1, 0.15) is 29.3 Å². The van der Waals surface area contributed by atoms with E-state index in [0.717, 1.165) is 28.1 Å². The van der Waals surface area contributed by atoms with Crippen molar-refractivity contribution in [2.75, 3.05) is 6.61 Å². The molecule has 180 valence electrons. The Morgan fingerprint density at radius 1 is 1.00 bits per heavy atom. The highest BCUT2D eigenvalue weighted by Gasteiger charge is 2.25. The number of amides is 2. The Hall–Kier alpha value is -3.27. The molecule has 0 saturated carbocycles. The van der Waals surface area contributed by atoms with Gasteiger partial charge in [-0.25, -0.2) is 4.98 Å². The number of ether oxygens (including phenoxy) is 1. The van der Waals surface area contributed by atoms with Crippen LogP contribution in [0.2, 0.25) is 0 Å². The lowest BCUT2D eigenvalue weighted by atomic mass is 10.0. The van der Waals surface area contributed by atoms with Gasteiger partial charge in [0.05, 0.1) is 23.9 Å². The third-order valence-electron chi connectivity index (χ3n) is 5.28. The van der Waals surface area contributed by atoms with Crippen molar-refractivity contribution in [3.8, 4) is 5.75 Å². The molecule has 0 radical (unpaired) electrons. The molecule has 8 nitrogen and oxygen atoms in total. The number of rotatable bonds is 12. The minimum Gasteiger partial charge on any atom is -0.494 e. The Morgan fingerprint density at radius 3 is 2.29 bits per heavy atom. The maximum Gasteiger partial charge on any atom is 0.243 e. The number of aromatic nitrogens is 1. The third kappa shape index (κ3) is 7.65. The summed E-state index contributed by atoms with van der Waals surface area (Å²) in [5.74, 6) is 0.0796. The van der Waals surface area contributed by atoms with E-state index in [2.05, 4.69) is 15.6 Å². The van der Waals surface area contributed by atoms with Crippen LogP contribution in [-0.4, -0.2) is 35.5 Å². The van der Waals surface area contributed by atoms with E-state index in [-0.39, 0.29) is 12.3 Å². The number of hydrogen-bond donors (Lipinski definition) is 4. The van der Waals surface area contributed by atoms with Crippen LogP contribution >= 0.6 is 11.3 Å². The molecule has 9 heteroatoms. The molecule has 0 spiro atoms. The van der Waals surface area contributed by atoms with Crippen LogP contribution in [0.4, 0.5) is 0 Å².